The summed E-state index contributed by atoms with van der Waals surface area (Å²) in [5.41, 5.74) is 0.862. The summed E-state index contributed by atoms with van der Waals surface area (Å²) < 4.78 is 43.0. The van der Waals surface area contributed by atoms with Crippen LogP contribution in [-0.2, 0) is 16.6 Å². The molecule has 0 saturated carbocycles. The van der Waals surface area contributed by atoms with Gasteiger partial charge in [0.1, 0.15) is 6.04 Å². The Morgan fingerprint density at radius 1 is 1.58 bits per heavy atom. The number of aryl methyl sites for hydroxylation is 2. The predicted octanol–water partition coefficient (Wildman–Crippen LogP) is 1.48. The highest BCUT2D eigenvalue weighted by Gasteiger charge is 2.32. The first-order valence-electron chi connectivity index (χ1n) is 5.71. The third-order valence-electron chi connectivity index (χ3n) is 2.39. The fourth-order valence-electron chi connectivity index (χ4n) is 1.66. The van der Waals surface area contributed by atoms with Gasteiger partial charge in [0.2, 0.25) is 0 Å². The molecule has 0 amide bonds. The van der Waals surface area contributed by atoms with Crippen LogP contribution in [-0.4, -0.2) is 35.1 Å². The highest BCUT2D eigenvalue weighted by Crippen LogP contribution is 2.20. The van der Waals surface area contributed by atoms with Crippen molar-refractivity contribution >= 4 is 5.97 Å². The minimum atomic E-state index is -4.40. The fourth-order valence-corrected chi connectivity index (χ4v) is 1.66. The lowest BCUT2D eigenvalue weighted by atomic mass is 10.1. The molecule has 1 unspecified atom stereocenters. The number of ether oxygens (including phenoxy) is 1. The van der Waals surface area contributed by atoms with Gasteiger partial charge in [0.25, 0.3) is 0 Å². The van der Waals surface area contributed by atoms with Gasteiger partial charge in [-0.2, -0.15) is 18.3 Å². The van der Waals surface area contributed by atoms with Crippen molar-refractivity contribution in [3.05, 3.63) is 17.5 Å². The Bertz CT molecular complexity index is 443. The SMILES string of the molecule is CCOC(=O)C(NCC(F)(F)F)c1cn(C)nc1C. The van der Waals surface area contributed by atoms with Gasteiger partial charge in [0.05, 0.1) is 18.8 Å². The lowest BCUT2D eigenvalue weighted by molar-refractivity contribution is -0.149. The van der Waals surface area contributed by atoms with E-state index in [2.05, 4.69) is 10.4 Å². The van der Waals surface area contributed by atoms with Crippen LogP contribution in [0, 0.1) is 6.92 Å². The number of nitrogens with one attached hydrogen (secondary N) is 1. The molecule has 1 N–H and O–H groups in total. The van der Waals surface area contributed by atoms with E-state index < -0.39 is 24.7 Å². The molecule has 19 heavy (non-hydrogen) atoms. The van der Waals surface area contributed by atoms with Crippen LogP contribution >= 0.6 is 0 Å². The van der Waals surface area contributed by atoms with Crippen LogP contribution in [0.15, 0.2) is 6.20 Å². The molecule has 0 aliphatic carbocycles. The van der Waals surface area contributed by atoms with E-state index in [1.807, 2.05) is 0 Å². The molecule has 0 saturated heterocycles. The highest BCUT2D eigenvalue weighted by molar-refractivity contribution is 5.77. The van der Waals surface area contributed by atoms with Crippen molar-refractivity contribution in [1.82, 2.24) is 15.1 Å². The zero-order valence-corrected chi connectivity index (χ0v) is 10.9. The van der Waals surface area contributed by atoms with Gasteiger partial charge < -0.3 is 4.74 Å². The molecule has 5 nitrogen and oxygen atoms in total. The Morgan fingerprint density at radius 2 is 2.21 bits per heavy atom. The van der Waals surface area contributed by atoms with Crippen molar-refractivity contribution in [2.24, 2.45) is 7.05 Å². The van der Waals surface area contributed by atoms with E-state index in [-0.39, 0.29) is 6.61 Å². The molecule has 8 heteroatoms. The van der Waals surface area contributed by atoms with Gasteiger partial charge in [-0.1, -0.05) is 0 Å². The number of nitrogens with zero attached hydrogens (tertiary/aromatic N) is 2. The molecule has 0 fully saturated rings. The van der Waals surface area contributed by atoms with Crippen LogP contribution in [0.4, 0.5) is 13.2 Å². The summed E-state index contributed by atoms with van der Waals surface area (Å²) in [5.74, 6) is -0.747. The molecule has 1 atom stereocenters. The number of carbonyl (C=O) groups excluding carboxylic acids is 1. The van der Waals surface area contributed by atoms with Gasteiger partial charge in [0.15, 0.2) is 0 Å². The summed E-state index contributed by atoms with van der Waals surface area (Å²) in [5, 5.41) is 6.17. The van der Waals surface area contributed by atoms with Gasteiger partial charge in [-0.25, -0.2) is 4.79 Å². The van der Waals surface area contributed by atoms with Gasteiger partial charge >= 0.3 is 12.1 Å². The van der Waals surface area contributed by atoms with Crippen molar-refractivity contribution in [3.8, 4) is 0 Å². The number of aromatic nitrogens is 2. The molecule has 1 rings (SSSR count). The Morgan fingerprint density at radius 3 is 2.63 bits per heavy atom. The van der Waals surface area contributed by atoms with Crippen LogP contribution in [0.1, 0.15) is 24.2 Å². The number of carbonyl (C=O) groups is 1. The van der Waals surface area contributed by atoms with Crippen molar-refractivity contribution in [3.63, 3.8) is 0 Å². The minimum absolute atomic E-state index is 0.0995. The molecule has 0 bridgehead atoms. The third kappa shape index (κ3) is 4.55. The second-order valence-corrected chi connectivity index (χ2v) is 4.02. The fraction of sp³-hybridized carbons (Fsp3) is 0.636. The standard InChI is InChI=1S/C11H16F3N3O2/c1-4-19-10(18)9(15-6-11(12,13)14)8-5-17(3)16-7(8)2/h5,9,15H,4,6H2,1-3H3. The number of hydrogen-bond acceptors (Lipinski definition) is 4. The maximum absolute atomic E-state index is 12.3. The molecule has 1 heterocycles. The number of hydrogen-bond donors (Lipinski definition) is 1. The van der Waals surface area contributed by atoms with Crippen LogP contribution < -0.4 is 5.32 Å². The van der Waals surface area contributed by atoms with Crippen LogP contribution in [0.25, 0.3) is 0 Å². The van der Waals surface area contributed by atoms with Gasteiger partial charge in [0, 0.05) is 18.8 Å². The summed E-state index contributed by atoms with van der Waals surface area (Å²) in [4.78, 5) is 11.7. The monoisotopic (exact) mass is 279 g/mol. The van der Waals surface area contributed by atoms with Crippen molar-refractivity contribution in [2.45, 2.75) is 26.1 Å². The molecule has 0 radical (unpaired) electrons. The molecule has 0 aliphatic rings. The Balaban J connectivity index is 2.92. The maximum Gasteiger partial charge on any atom is 0.401 e. The van der Waals surface area contributed by atoms with E-state index >= 15 is 0 Å². The third-order valence-corrected chi connectivity index (χ3v) is 2.39. The highest BCUT2D eigenvalue weighted by atomic mass is 19.4. The topological polar surface area (TPSA) is 56.1 Å². The smallest absolute Gasteiger partial charge is 0.401 e. The Labute approximate surface area is 108 Å². The first-order chi connectivity index (χ1) is 8.74. The van der Waals surface area contributed by atoms with Crippen LogP contribution in [0.5, 0.6) is 0 Å². The Kier molecular flexibility index (Phi) is 4.93. The quantitative estimate of drug-likeness (QED) is 0.830. The Hall–Kier alpha value is -1.57. The number of halogens is 3. The van der Waals surface area contributed by atoms with E-state index in [1.165, 1.54) is 10.9 Å². The zero-order chi connectivity index (χ0) is 14.6. The van der Waals surface area contributed by atoms with Crippen molar-refractivity contribution in [2.75, 3.05) is 13.2 Å². The number of rotatable bonds is 5. The van der Waals surface area contributed by atoms with E-state index in [0.717, 1.165) is 0 Å². The molecule has 0 spiro atoms. The molecule has 1 aromatic rings. The summed E-state index contributed by atoms with van der Waals surface area (Å²) in [6.45, 7) is 2.04. The van der Waals surface area contributed by atoms with E-state index in [4.69, 9.17) is 4.74 Å². The van der Waals surface area contributed by atoms with E-state index in [0.29, 0.717) is 11.3 Å². The van der Waals surface area contributed by atoms with E-state index in [1.54, 1.807) is 20.9 Å². The molecule has 1 aromatic heterocycles. The second-order valence-electron chi connectivity index (χ2n) is 4.02. The average Bonchev–Trinajstić information content (AvgIpc) is 2.57. The first-order valence-corrected chi connectivity index (χ1v) is 5.71. The number of alkyl halides is 3. The molecule has 0 aromatic carbocycles. The lowest BCUT2D eigenvalue weighted by Gasteiger charge is -2.17. The summed E-state index contributed by atoms with van der Waals surface area (Å²) in [6, 6.07) is -1.17. The molecule has 108 valence electrons. The van der Waals surface area contributed by atoms with E-state index in [9.17, 15) is 18.0 Å². The molecular weight excluding hydrogens is 263 g/mol. The predicted molar refractivity (Wildman–Crippen MR) is 61.4 cm³/mol. The largest absolute Gasteiger partial charge is 0.465 e. The van der Waals surface area contributed by atoms with Crippen molar-refractivity contribution in [1.29, 1.82) is 0 Å². The summed E-state index contributed by atoms with van der Waals surface area (Å²) in [6.07, 6.45) is -2.90. The van der Waals surface area contributed by atoms with Gasteiger partial charge in [-0.15, -0.1) is 0 Å². The molecular formula is C11H16F3N3O2. The van der Waals surface area contributed by atoms with Gasteiger partial charge in [-0.3, -0.25) is 10.00 Å². The normalized spacial score (nSPS) is 13.4. The van der Waals surface area contributed by atoms with Crippen molar-refractivity contribution < 1.29 is 22.7 Å². The zero-order valence-electron chi connectivity index (χ0n) is 10.9. The van der Waals surface area contributed by atoms with Gasteiger partial charge in [-0.05, 0) is 13.8 Å². The summed E-state index contributed by atoms with van der Waals surface area (Å²) >= 11 is 0. The summed E-state index contributed by atoms with van der Waals surface area (Å²) in [7, 11) is 1.63. The maximum atomic E-state index is 12.3. The first kappa shape index (κ1) is 15.5. The molecule has 0 aliphatic heterocycles. The van der Waals surface area contributed by atoms with Crippen LogP contribution in [0.3, 0.4) is 0 Å². The average molecular weight is 279 g/mol. The minimum Gasteiger partial charge on any atom is -0.465 e. The number of esters is 1. The second kappa shape index (κ2) is 6.05. The lowest BCUT2D eigenvalue weighted by Crippen LogP contribution is -2.37. The van der Waals surface area contributed by atoms with Crippen LogP contribution in [0.2, 0.25) is 0 Å².